The summed E-state index contributed by atoms with van der Waals surface area (Å²) in [5.41, 5.74) is 1.45. The molecule has 1 heterocycles. The van der Waals surface area contributed by atoms with Gasteiger partial charge in [0.05, 0.1) is 6.61 Å². The molecule has 1 aromatic rings. The summed E-state index contributed by atoms with van der Waals surface area (Å²) in [6.07, 6.45) is 1.08. The van der Waals surface area contributed by atoms with Crippen LogP contribution in [-0.2, 0) is 10.3 Å². The normalized spacial score (nSPS) is 29.3. The summed E-state index contributed by atoms with van der Waals surface area (Å²) < 4.78 is 6.04. The number of hydrogen-bond donors (Lipinski definition) is 0. The smallest absolute Gasteiger partial charge is 0.103 e. The van der Waals surface area contributed by atoms with E-state index in [1.165, 1.54) is 5.56 Å². The minimum atomic E-state index is -0.120. The largest absolute Gasteiger partial charge is 0.369 e. The van der Waals surface area contributed by atoms with Crippen molar-refractivity contribution in [2.45, 2.75) is 25.9 Å². The first-order valence-corrected chi connectivity index (χ1v) is 6.46. The Morgan fingerprint density at radius 1 is 1.27 bits per heavy atom. The molecule has 2 heteroatoms. The second-order valence-electron chi connectivity index (χ2n) is 5.12. The van der Waals surface area contributed by atoms with E-state index in [2.05, 4.69) is 54.0 Å². The van der Waals surface area contributed by atoms with Crippen LogP contribution in [0.3, 0.4) is 0 Å². The molecule has 15 heavy (non-hydrogen) atoms. The lowest BCUT2D eigenvalue weighted by Crippen LogP contribution is -2.27. The Balaban J connectivity index is 2.32. The predicted octanol–water partition coefficient (Wildman–Crippen LogP) is 3.72. The van der Waals surface area contributed by atoms with Gasteiger partial charge in [-0.15, -0.1) is 0 Å². The number of rotatable bonds is 2. The van der Waals surface area contributed by atoms with Gasteiger partial charge >= 0.3 is 0 Å². The molecule has 82 valence electrons. The third-order valence-electron chi connectivity index (χ3n) is 3.02. The molecular formula is C13H17BrO. The molecule has 1 atom stereocenters. The average molecular weight is 269 g/mol. The second-order valence-corrected chi connectivity index (χ2v) is 5.68. The van der Waals surface area contributed by atoms with E-state index < -0.39 is 0 Å². The van der Waals surface area contributed by atoms with Crippen molar-refractivity contribution in [3.63, 3.8) is 0 Å². The van der Waals surface area contributed by atoms with Crippen LogP contribution in [0.1, 0.15) is 25.8 Å². The van der Waals surface area contributed by atoms with E-state index >= 15 is 0 Å². The Bertz CT molecular complexity index is 334. The van der Waals surface area contributed by atoms with Crippen molar-refractivity contribution in [1.82, 2.24) is 0 Å². The summed E-state index contributed by atoms with van der Waals surface area (Å²) in [6, 6.07) is 10.5. The maximum absolute atomic E-state index is 6.04. The molecule has 0 aliphatic carbocycles. The standard InChI is InChI=1S/C13H17BrO/c1-12(2)8-13(9-14,15-10-12)11-6-4-3-5-7-11/h3-7H,8-10H2,1-2H3/t13-/m0/s1. The zero-order valence-corrected chi connectivity index (χ0v) is 10.9. The van der Waals surface area contributed by atoms with Gasteiger partial charge < -0.3 is 4.74 Å². The first-order chi connectivity index (χ1) is 7.08. The van der Waals surface area contributed by atoms with Crippen molar-refractivity contribution < 1.29 is 4.74 Å². The molecule has 0 aromatic heterocycles. The lowest BCUT2D eigenvalue weighted by molar-refractivity contribution is 0.0190. The Morgan fingerprint density at radius 2 is 1.93 bits per heavy atom. The molecule has 1 fully saturated rings. The van der Waals surface area contributed by atoms with Crippen LogP contribution in [0, 0.1) is 5.41 Å². The Hall–Kier alpha value is -0.340. The molecule has 1 saturated heterocycles. The topological polar surface area (TPSA) is 9.23 Å². The van der Waals surface area contributed by atoms with Gasteiger partial charge in [-0.3, -0.25) is 0 Å². The van der Waals surface area contributed by atoms with Gasteiger partial charge in [-0.25, -0.2) is 0 Å². The molecule has 2 rings (SSSR count). The van der Waals surface area contributed by atoms with E-state index in [1.807, 2.05) is 6.07 Å². The van der Waals surface area contributed by atoms with Crippen LogP contribution in [0.15, 0.2) is 30.3 Å². The van der Waals surface area contributed by atoms with Gasteiger partial charge in [0.25, 0.3) is 0 Å². The molecular weight excluding hydrogens is 252 g/mol. The molecule has 1 aliphatic rings. The summed E-state index contributed by atoms with van der Waals surface area (Å²) in [4.78, 5) is 0. The van der Waals surface area contributed by atoms with Gasteiger partial charge in [-0.1, -0.05) is 60.1 Å². The summed E-state index contributed by atoms with van der Waals surface area (Å²) in [6.45, 7) is 5.37. The highest BCUT2D eigenvalue weighted by atomic mass is 79.9. The van der Waals surface area contributed by atoms with Gasteiger partial charge in [0, 0.05) is 5.33 Å². The van der Waals surface area contributed by atoms with Gasteiger partial charge in [-0.05, 0) is 17.4 Å². The van der Waals surface area contributed by atoms with Crippen LogP contribution >= 0.6 is 15.9 Å². The van der Waals surface area contributed by atoms with Gasteiger partial charge in [-0.2, -0.15) is 0 Å². The molecule has 1 nitrogen and oxygen atoms in total. The van der Waals surface area contributed by atoms with E-state index in [1.54, 1.807) is 0 Å². The molecule has 0 spiro atoms. The monoisotopic (exact) mass is 268 g/mol. The first-order valence-electron chi connectivity index (χ1n) is 5.33. The van der Waals surface area contributed by atoms with Crippen molar-refractivity contribution in [1.29, 1.82) is 0 Å². The summed E-state index contributed by atoms with van der Waals surface area (Å²) in [7, 11) is 0. The van der Waals surface area contributed by atoms with Crippen molar-refractivity contribution in [3.05, 3.63) is 35.9 Å². The van der Waals surface area contributed by atoms with E-state index in [0.717, 1.165) is 18.4 Å². The van der Waals surface area contributed by atoms with Crippen molar-refractivity contribution >= 4 is 15.9 Å². The van der Waals surface area contributed by atoms with Crippen molar-refractivity contribution in [3.8, 4) is 0 Å². The highest BCUT2D eigenvalue weighted by Gasteiger charge is 2.44. The highest BCUT2D eigenvalue weighted by molar-refractivity contribution is 9.09. The van der Waals surface area contributed by atoms with Crippen molar-refractivity contribution in [2.24, 2.45) is 5.41 Å². The molecule has 0 bridgehead atoms. The molecule has 1 aliphatic heterocycles. The fourth-order valence-electron chi connectivity index (χ4n) is 2.30. The number of benzene rings is 1. The Morgan fingerprint density at radius 3 is 2.40 bits per heavy atom. The van der Waals surface area contributed by atoms with Crippen LogP contribution in [0.4, 0.5) is 0 Å². The fourth-order valence-corrected chi connectivity index (χ4v) is 2.98. The number of alkyl halides is 1. The maximum Gasteiger partial charge on any atom is 0.103 e. The zero-order valence-electron chi connectivity index (χ0n) is 9.29. The van der Waals surface area contributed by atoms with Crippen LogP contribution in [0.25, 0.3) is 0 Å². The van der Waals surface area contributed by atoms with E-state index in [-0.39, 0.29) is 11.0 Å². The van der Waals surface area contributed by atoms with Crippen LogP contribution in [0.5, 0.6) is 0 Å². The van der Waals surface area contributed by atoms with Crippen molar-refractivity contribution in [2.75, 3.05) is 11.9 Å². The predicted molar refractivity (Wildman–Crippen MR) is 66.3 cm³/mol. The van der Waals surface area contributed by atoms with Gasteiger partial charge in [0.2, 0.25) is 0 Å². The first kappa shape index (κ1) is 11.2. The van der Waals surface area contributed by atoms with Crippen LogP contribution < -0.4 is 0 Å². The Kier molecular flexibility index (Phi) is 2.91. The third kappa shape index (κ3) is 2.11. The summed E-state index contributed by atoms with van der Waals surface area (Å²) in [5, 5.41) is 0.868. The minimum absolute atomic E-state index is 0.120. The van der Waals surface area contributed by atoms with E-state index in [4.69, 9.17) is 4.74 Å². The summed E-state index contributed by atoms with van der Waals surface area (Å²) in [5.74, 6) is 0. The molecule has 0 amide bonds. The molecule has 1 aromatic carbocycles. The zero-order chi connectivity index (χ0) is 10.9. The number of ether oxygens (including phenoxy) is 1. The van der Waals surface area contributed by atoms with E-state index in [9.17, 15) is 0 Å². The maximum atomic E-state index is 6.04. The van der Waals surface area contributed by atoms with Gasteiger partial charge in [0.15, 0.2) is 0 Å². The Labute approximate surface area is 100.0 Å². The van der Waals surface area contributed by atoms with Crippen LogP contribution in [0.2, 0.25) is 0 Å². The lowest BCUT2D eigenvalue weighted by atomic mass is 9.82. The quantitative estimate of drug-likeness (QED) is 0.743. The van der Waals surface area contributed by atoms with Crippen LogP contribution in [-0.4, -0.2) is 11.9 Å². The molecule has 0 unspecified atom stereocenters. The molecule has 0 radical (unpaired) electrons. The molecule has 0 N–H and O–H groups in total. The second kappa shape index (κ2) is 3.91. The number of halogens is 1. The number of hydrogen-bond acceptors (Lipinski definition) is 1. The lowest BCUT2D eigenvalue weighted by Gasteiger charge is -2.27. The fraction of sp³-hybridized carbons (Fsp3) is 0.538. The average Bonchev–Trinajstić information content (AvgIpc) is 2.57. The van der Waals surface area contributed by atoms with Gasteiger partial charge in [0.1, 0.15) is 5.60 Å². The SMILES string of the molecule is CC1(C)CO[C@@](CBr)(c2ccccc2)C1. The third-order valence-corrected chi connectivity index (χ3v) is 3.92. The molecule has 0 saturated carbocycles. The van der Waals surface area contributed by atoms with E-state index in [0.29, 0.717) is 0 Å². The minimum Gasteiger partial charge on any atom is -0.369 e. The highest BCUT2D eigenvalue weighted by Crippen LogP contribution is 2.46. The summed E-state index contributed by atoms with van der Waals surface area (Å²) >= 11 is 3.60.